The van der Waals surface area contributed by atoms with Gasteiger partial charge >= 0.3 is 5.63 Å². The molecule has 3 aromatic rings. The summed E-state index contributed by atoms with van der Waals surface area (Å²) in [6.07, 6.45) is 2.02. The molecule has 0 saturated carbocycles. The van der Waals surface area contributed by atoms with E-state index in [0.29, 0.717) is 23.7 Å². The van der Waals surface area contributed by atoms with Crippen molar-refractivity contribution in [1.82, 2.24) is 5.32 Å². The molecule has 4 rings (SSSR count). The van der Waals surface area contributed by atoms with E-state index in [-0.39, 0.29) is 41.6 Å². The van der Waals surface area contributed by atoms with E-state index in [2.05, 4.69) is 38.3 Å². The summed E-state index contributed by atoms with van der Waals surface area (Å²) < 4.78 is 5.57. The van der Waals surface area contributed by atoms with Gasteiger partial charge in [-0.2, -0.15) is 0 Å². The number of rotatable bonds is 4. The second-order valence-electron chi connectivity index (χ2n) is 9.76. The molecule has 1 aromatic heterocycles. The van der Waals surface area contributed by atoms with Crippen molar-refractivity contribution in [2.75, 3.05) is 0 Å². The number of benzene rings is 2. The zero-order valence-corrected chi connectivity index (χ0v) is 20.6. The van der Waals surface area contributed by atoms with Crippen molar-refractivity contribution in [3.63, 3.8) is 0 Å². The van der Waals surface area contributed by atoms with Crippen molar-refractivity contribution in [2.45, 2.75) is 64.2 Å². The van der Waals surface area contributed by atoms with Crippen LogP contribution in [0.5, 0.6) is 5.75 Å². The molecule has 32 heavy (non-hydrogen) atoms. The molecule has 1 fully saturated rings. The van der Waals surface area contributed by atoms with Gasteiger partial charge in [0.15, 0.2) is 0 Å². The van der Waals surface area contributed by atoms with Crippen LogP contribution in [-0.4, -0.2) is 17.1 Å². The van der Waals surface area contributed by atoms with Gasteiger partial charge in [-0.05, 0) is 38.8 Å². The maximum absolute atomic E-state index is 12.7. The van der Waals surface area contributed by atoms with E-state index in [0.717, 1.165) is 29.4 Å². The molecule has 0 unspecified atom stereocenters. The number of halogens is 2. The molecule has 7 heteroatoms. The second kappa shape index (κ2) is 9.84. The molecule has 2 aromatic carbocycles. The monoisotopic (exact) mass is 478 g/mol. The third kappa shape index (κ3) is 5.65. The Bertz CT molecular complexity index is 1110. The second-order valence-corrected chi connectivity index (χ2v) is 9.76. The van der Waals surface area contributed by atoms with Crippen molar-refractivity contribution in [3.8, 4) is 16.9 Å². The van der Waals surface area contributed by atoms with Crippen LogP contribution in [0.4, 0.5) is 0 Å². The van der Waals surface area contributed by atoms with E-state index in [1.165, 1.54) is 6.07 Å². The summed E-state index contributed by atoms with van der Waals surface area (Å²) in [6, 6.07) is 15.0. The van der Waals surface area contributed by atoms with Gasteiger partial charge in [0, 0.05) is 40.9 Å². The van der Waals surface area contributed by atoms with Gasteiger partial charge in [-0.15, -0.1) is 24.8 Å². The van der Waals surface area contributed by atoms with Gasteiger partial charge in [0.2, 0.25) is 0 Å². The minimum atomic E-state index is -0.433. The van der Waals surface area contributed by atoms with Gasteiger partial charge in [0.1, 0.15) is 12.1 Å². The lowest BCUT2D eigenvalue weighted by Crippen LogP contribution is -2.91. The number of quaternary nitrogens is 1. The Morgan fingerprint density at radius 1 is 1.03 bits per heavy atom. The fourth-order valence-corrected chi connectivity index (χ4v) is 5.17. The van der Waals surface area contributed by atoms with Crippen LogP contribution in [0.3, 0.4) is 0 Å². The van der Waals surface area contributed by atoms with Crippen LogP contribution in [0.15, 0.2) is 57.7 Å². The average Bonchev–Trinajstić information content (AvgIpc) is 2.65. The molecular formula is C25H32Cl2N2O3. The first-order chi connectivity index (χ1) is 14.1. The maximum Gasteiger partial charge on any atom is 0.336 e. The molecule has 1 aliphatic rings. The van der Waals surface area contributed by atoms with Gasteiger partial charge < -0.3 is 20.2 Å². The molecule has 0 bridgehead atoms. The van der Waals surface area contributed by atoms with Crippen LogP contribution in [0.1, 0.15) is 46.1 Å². The summed E-state index contributed by atoms with van der Waals surface area (Å²) >= 11 is 0. The molecule has 0 amide bonds. The fourth-order valence-electron chi connectivity index (χ4n) is 5.17. The van der Waals surface area contributed by atoms with Gasteiger partial charge in [-0.1, -0.05) is 48.2 Å². The lowest BCUT2D eigenvalue weighted by molar-refractivity contribution is -0.709. The summed E-state index contributed by atoms with van der Waals surface area (Å²) in [4.78, 5) is 12.3. The third-order valence-corrected chi connectivity index (χ3v) is 5.93. The molecule has 0 atom stereocenters. The highest BCUT2D eigenvalue weighted by molar-refractivity contribution is 5.95. The van der Waals surface area contributed by atoms with Crippen molar-refractivity contribution < 1.29 is 14.8 Å². The zero-order valence-electron chi connectivity index (χ0n) is 18.9. The van der Waals surface area contributed by atoms with E-state index in [4.69, 9.17) is 4.42 Å². The number of nitrogens with one attached hydrogen (secondary N) is 1. The predicted molar refractivity (Wildman–Crippen MR) is 132 cm³/mol. The number of piperidine rings is 1. The summed E-state index contributed by atoms with van der Waals surface area (Å²) in [5.41, 5.74) is 2.36. The standard InChI is InChI=1S/C25H30N2O3.2ClH/c1-24(2)13-17(14-25(3,4)27-24)26-15-20-21(28)11-10-18-19(12-22(29)30-23(18)20)16-8-6-5-7-9-16;;/h5-12,17,26-28H,13-15H2,1-4H3;2*1H. The van der Waals surface area contributed by atoms with Crippen LogP contribution in [0, 0.1) is 0 Å². The highest BCUT2D eigenvalue weighted by Crippen LogP contribution is 2.32. The SMILES string of the molecule is CC1(C)CC([NH2+]Cc2c([O-])ccc3c(-c4ccccc4)cc(=O)oc23)CC(C)(C)N1.Cl.Cl. The predicted octanol–water partition coefficient (Wildman–Crippen LogP) is 3.75. The number of nitrogens with two attached hydrogens (primary N) is 1. The topological polar surface area (TPSA) is 81.9 Å². The van der Waals surface area contributed by atoms with Crippen molar-refractivity contribution in [2.24, 2.45) is 0 Å². The van der Waals surface area contributed by atoms with Crippen LogP contribution in [0.25, 0.3) is 22.1 Å². The molecular weight excluding hydrogens is 447 g/mol. The highest BCUT2D eigenvalue weighted by Gasteiger charge is 2.39. The summed E-state index contributed by atoms with van der Waals surface area (Å²) in [5.74, 6) is -0.0837. The first kappa shape index (κ1) is 26.2. The van der Waals surface area contributed by atoms with Crippen molar-refractivity contribution in [1.29, 1.82) is 0 Å². The fraction of sp³-hybridized carbons (Fsp3) is 0.400. The Hall–Kier alpha value is -2.05. The van der Waals surface area contributed by atoms with Gasteiger partial charge in [-0.3, -0.25) is 0 Å². The van der Waals surface area contributed by atoms with E-state index in [9.17, 15) is 9.90 Å². The number of hydrogen-bond acceptors (Lipinski definition) is 4. The molecule has 1 aliphatic heterocycles. The molecule has 0 radical (unpaired) electrons. The van der Waals surface area contributed by atoms with E-state index < -0.39 is 5.63 Å². The Kier molecular flexibility index (Phi) is 8.05. The third-order valence-electron chi connectivity index (χ3n) is 5.93. The average molecular weight is 479 g/mol. The van der Waals surface area contributed by atoms with Gasteiger partial charge in [0.25, 0.3) is 0 Å². The molecule has 1 saturated heterocycles. The quantitative estimate of drug-likeness (QED) is 0.559. The molecule has 0 spiro atoms. The molecule has 0 aliphatic carbocycles. The Balaban J connectivity index is 0.00000181. The zero-order chi connectivity index (χ0) is 21.5. The smallest absolute Gasteiger partial charge is 0.336 e. The summed E-state index contributed by atoms with van der Waals surface area (Å²) in [6.45, 7) is 9.37. The van der Waals surface area contributed by atoms with Crippen molar-refractivity contribution >= 4 is 35.8 Å². The molecule has 2 heterocycles. The minimum Gasteiger partial charge on any atom is -0.872 e. The maximum atomic E-state index is 12.7. The normalized spacial score (nSPS) is 17.4. The van der Waals surface area contributed by atoms with E-state index >= 15 is 0 Å². The molecule has 5 nitrogen and oxygen atoms in total. The van der Waals surface area contributed by atoms with Crippen molar-refractivity contribution in [3.05, 3.63) is 64.5 Å². The number of fused-ring (bicyclic) bond motifs is 1. The van der Waals surface area contributed by atoms with Crippen LogP contribution >= 0.6 is 24.8 Å². The number of hydrogen-bond donors (Lipinski definition) is 2. The molecule has 3 N–H and O–H groups in total. The first-order valence-corrected chi connectivity index (χ1v) is 10.6. The van der Waals surface area contributed by atoms with Crippen LogP contribution in [0.2, 0.25) is 0 Å². The lowest BCUT2D eigenvalue weighted by Gasteiger charge is -2.45. The highest BCUT2D eigenvalue weighted by atomic mass is 35.5. The Morgan fingerprint density at radius 2 is 1.66 bits per heavy atom. The first-order valence-electron chi connectivity index (χ1n) is 10.6. The van der Waals surface area contributed by atoms with E-state index in [1.807, 2.05) is 30.3 Å². The van der Waals surface area contributed by atoms with E-state index in [1.54, 1.807) is 12.1 Å². The largest absolute Gasteiger partial charge is 0.872 e. The summed E-state index contributed by atoms with van der Waals surface area (Å²) in [7, 11) is 0. The van der Waals surface area contributed by atoms with Crippen LogP contribution < -0.4 is 21.4 Å². The minimum absolute atomic E-state index is 0. The lowest BCUT2D eigenvalue weighted by atomic mass is 9.79. The van der Waals surface area contributed by atoms with Gasteiger partial charge in [0.05, 0.1) is 6.04 Å². The molecule has 174 valence electrons. The van der Waals surface area contributed by atoms with Gasteiger partial charge in [-0.25, -0.2) is 4.79 Å². The van der Waals surface area contributed by atoms with Crippen LogP contribution in [-0.2, 0) is 6.54 Å². The Labute approximate surface area is 201 Å². The summed E-state index contributed by atoms with van der Waals surface area (Å²) in [5, 5.41) is 19.5. The Morgan fingerprint density at radius 3 is 2.28 bits per heavy atom.